The molecule has 108 valence electrons. The van der Waals surface area contributed by atoms with E-state index in [9.17, 15) is 5.11 Å². The van der Waals surface area contributed by atoms with Crippen LogP contribution in [0, 0.1) is 17.2 Å². The first-order chi connectivity index (χ1) is 9.61. The van der Waals surface area contributed by atoms with E-state index in [1.54, 1.807) is 13.0 Å². The zero-order chi connectivity index (χ0) is 14.5. The van der Waals surface area contributed by atoms with Crippen molar-refractivity contribution in [2.75, 3.05) is 31.7 Å². The van der Waals surface area contributed by atoms with E-state index in [4.69, 9.17) is 10.00 Å². The highest BCUT2D eigenvalue weighted by molar-refractivity contribution is 5.58. The van der Waals surface area contributed by atoms with Crippen LogP contribution in [0.5, 0.6) is 0 Å². The lowest BCUT2D eigenvalue weighted by Gasteiger charge is -2.30. The van der Waals surface area contributed by atoms with Crippen molar-refractivity contribution in [2.45, 2.75) is 25.9 Å². The summed E-state index contributed by atoms with van der Waals surface area (Å²) in [7, 11) is 2.01. The third kappa shape index (κ3) is 3.50. The van der Waals surface area contributed by atoms with Crippen LogP contribution in [-0.4, -0.2) is 31.9 Å². The van der Waals surface area contributed by atoms with Gasteiger partial charge in [0, 0.05) is 31.5 Å². The van der Waals surface area contributed by atoms with E-state index in [0.717, 1.165) is 37.4 Å². The average molecular weight is 274 g/mol. The van der Waals surface area contributed by atoms with E-state index >= 15 is 0 Å². The van der Waals surface area contributed by atoms with Gasteiger partial charge in [0.05, 0.1) is 24.3 Å². The van der Waals surface area contributed by atoms with E-state index in [1.165, 1.54) is 6.42 Å². The Morgan fingerprint density at radius 3 is 2.95 bits per heavy atom. The number of aliphatic hydroxyl groups is 1. The average Bonchev–Trinajstić information content (AvgIpc) is 2.47. The SMILES string of the molecule is CC(O)c1ccc(C#N)cc1N(C)CC1CCCOC1. The smallest absolute Gasteiger partial charge is 0.0992 e. The molecule has 0 aliphatic carbocycles. The highest BCUT2D eigenvalue weighted by Crippen LogP contribution is 2.28. The number of aliphatic hydroxyl groups excluding tert-OH is 1. The van der Waals surface area contributed by atoms with Gasteiger partial charge in [-0.05, 0) is 37.8 Å². The summed E-state index contributed by atoms with van der Waals surface area (Å²) in [4.78, 5) is 2.13. The molecule has 0 aromatic heterocycles. The van der Waals surface area contributed by atoms with Gasteiger partial charge in [-0.15, -0.1) is 0 Å². The highest BCUT2D eigenvalue weighted by atomic mass is 16.5. The predicted octanol–water partition coefficient (Wildman–Crippen LogP) is 2.47. The van der Waals surface area contributed by atoms with Crippen molar-refractivity contribution in [3.8, 4) is 6.07 Å². The molecule has 2 rings (SSSR count). The molecule has 2 unspecified atom stereocenters. The Morgan fingerprint density at radius 2 is 2.35 bits per heavy atom. The maximum absolute atomic E-state index is 9.89. The molecule has 0 bridgehead atoms. The van der Waals surface area contributed by atoms with Crippen LogP contribution in [0.4, 0.5) is 5.69 Å². The summed E-state index contributed by atoms with van der Waals surface area (Å²) >= 11 is 0. The van der Waals surface area contributed by atoms with E-state index in [1.807, 2.05) is 19.2 Å². The molecule has 4 nitrogen and oxygen atoms in total. The normalized spacial score (nSPS) is 20.2. The fourth-order valence-corrected chi connectivity index (χ4v) is 2.73. The molecule has 1 aliphatic heterocycles. The van der Waals surface area contributed by atoms with E-state index in [0.29, 0.717) is 11.5 Å². The van der Waals surface area contributed by atoms with Gasteiger partial charge in [0.2, 0.25) is 0 Å². The van der Waals surface area contributed by atoms with Crippen LogP contribution in [0.3, 0.4) is 0 Å². The third-order valence-electron chi connectivity index (χ3n) is 3.81. The zero-order valence-electron chi connectivity index (χ0n) is 12.2. The van der Waals surface area contributed by atoms with Crippen LogP contribution >= 0.6 is 0 Å². The van der Waals surface area contributed by atoms with Gasteiger partial charge in [0.25, 0.3) is 0 Å². The van der Waals surface area contributed by atoms with Crippen LogP contribution in [-0.2, 0) is 4.74 Å². The van der Waals surface area contributed by atoms with Crippen LogP contribution in [0.2, 0.25) is 0 Å². The monoisotopic (exact) mass is 274 g/mol. The lowest BCUT2D eigenvalue weighted by Crippen LogP contribution is -2.31. The number of nitrogens with zero attached hydrogens (tertiary/aromatic N) is 2. The second-order valence-corrected chi connectivity index (χ2v) is 5.53. The van der Waals surface area contributed by atoms with Gasteiger partial charge < -0.3 is 14.7 Å². The van der Waals surface area contributed by atoms with Crippen LogP contribution < -0.4 is 4.90 Å². The summed E-state index contributed by atoms with van der Waals surface area (Å²) < 4.78 is 5.51. The molecule has 4 heteroatoms. The van der Waals surface area contributed by atoms with Gasteiger partial charge in [0.15, 0.2) is 0 Å². The van der Waals surface area contributed by atoms with Gasteiger partial charge in [-0.3, -0.25) is 0 Å². The number of hydrogen-bond acceptors (Lipinski definition) is 4. The van der Waals surface area contributed by atoms with Crippen LogP contribution in [0.15, 0.2) is 18.2 Å². The van der Waals surface area contributed by atoms with Crippen molar-refractivity contribution in [1.82, 2.24) is 0 Å². The lowest BCUT2D eigenvalue weighted by atomic mass is 10.00. The molecular weight excluding hydrogens is 252 g/mol. The summed E-state index contributed by atoms with van der Waals surface area (Å²) in [6.45, 7) is 4.30. The number of nitriles is 1. The number of rotatable bonds is 4. The molecule has 1 heterocycles. The summed E-state index contributed by atoms with van der Waals surface area (Å²) in [6.07, 6.45) is 1.74. The van der Waals surface area contributed by atoms with Crippen LogP contribution in [0.1, 0.15) is 37.0 Å². The Morgan fingerprint density at radius 1 is 1.55 bits per heavy atom. The molecule has 20 heavy (non-hydrogen) atoms. The first-order valence-electron chi connectivity index (χ1n) is 7.13. The standard InChI is InChI=1S/C16H22N2O2/c1-12(19)15-6-5-13(9-17)8-16(15)18(2)10-14-4-3-7-20-11-14/h5-6,8,12,14,19H,3-4,7,10-11H2,1-2H3. The van der Waals surface area contributed by atoms with E-state index in [-0.39, 0.29) is 0 Å². The maximum Gasteiger partial charge on any atom is 0.0992 e. The molecule has 1 aliphatic rings. The number of hydrogen-bond donors (Lipinski definition) is 1. The first kappa shape index (κ1) is 14.8. The van der Waals surface area contributed by atoms with E-state index in [2.05, 4.69) is 11.0 Å². The summed E-state index contributed by atoms with van der Waals surface area (Å²) in [5.41, 5.74) is 2.42. The largest absolute Gasteiger partial charge is 0.389 e. The van der Waals surface area contributed by atoms with Gasteiger partial charge in [-0.1, -0.05) is 6.07 Å². The molecule has 0 amide bonds. The number of benzene rings is 1. The molecule has 1 fully saturated rings. The van der Waals surface area contributed by atoms with Gasteiger partial charge in [-0.25, -0.2) is 0 Å². The Hall–Kier alpha value is -1.57. The fraction of sp³-hybridized carbons (Fsp3) is 0.562. The molecule has 2 atom stereocenters. The van der Waals surface area contributed by atoms with Crippen molar-refractivity contribution in [2.24, 2.45) is 5.92 Å². The summed E-state index contributed by atoms with van der Waals surface area (Å²) in [6, 6.07) is 7.60. The van der Waals surface area contributed by atoms with Gasteiger partial charge in [0.1, 0.15) is 0 Å². The van der Waals surface area contributed by atoms with Gasteiger partial charge in [-0.2, -0.15) is 5.26 Å². The Balaban J connectivity index is 2.18. The van der Waals surface area contributed by atoms with E-state index < -0.39 is 6.10 Å². The zero-order valence-corrected chi connectivity index (χ0v) is 12.2. The molecular formula is C16H22N2O2. The minimum absolute atomic E-state index is 0.515. The van der Waals surface area contributed by atoms with Crippen molar-refractivity contribution < 1.29 is 9.84 Å². The minimum Gasteiger partial charge on any atom is -0.389 e. The van der Waals surface area contributed by atoms with Crippen molar-refractivity contribution >= 4 is 5.69 Å². The third-order valence-corrected chi connectivity index (χ3v) is 3.81. The minimum atomic E-state index is -0.539. The highest BCUT2D eigenvalue weighted by Gasteiger charge is 2.19. The quantitative estimate of drug-likeness (QED) is 0.916. The van der Waals surface area contributed by atoms with Crippen molar-refractivity contribution in [1.29, 1.82) is 5.26 Å². The lowest BCUT2D eigenvalue weighted by molar-refractivity contribution is 0.0576. The molecule has 1 saturated heterocycles. The topological polar surface area (TPSA) is 56.5 Å². The Bertz CT molecular complexity index is 488. The van der Waals surface area contributed by atoms with Crippen molar-refractivity contribution in [3.05, 3.63) is 29.3 Å². The molecule has 1 aromatic carbocycles. The number of anilines is 1. The van der Waals surface area contributed by atoms with Crippen LogP contribution in [0.25, 0.3) is 0 Å². The Labute approximate surface area is 120 Å². The summed E-state index contributed by atoms with van der Waals surface area (Å²) in [5, 5.41) is 18.9. The predicted molar refractivity (Wildman–Crippen MR) is 78.6 cm³/mol. The second-order valence-electron chi connectivity index (χ2n) is 5.53. The first-order valence-corrected chi connectivity index (χ1v) is 7.13. The molecule has 0 spiro atoms. The van der Waals surface area contributed by atoms with Crippen molar-refractivity contribution in [3.63, 3.8) is 0 Å². The molecule has 0 radical (unpaired) electrons. The molecule has 1 N–H and O–H groups in total. The van der Waals surface area contributed by atoms with Gasteiger partial charge >= 0.3 is 0 Å². The fourth-order valence-electron chi connectivity index (χ4n) is 2.73. The maximum atomic E-state index is 9.89. The molecule has 0 saturated carbocycles. The summed E-state index contributed by atoms with van der Waals surface area (Å²) in [5.74, 6) is 0.515. The number of ether oxygens (including phenoxy) is 1. The second kappa shape index (κ2) is 6.74. The molecule has 1 aromatic rings. The Kier molecular flexibility index (Phi) is 4.99.